The Hall–Kier alpha value is -2.17. The molecular weight excluding hydrogens is 206 g/mol. The number of carbonyl (C=O) groups is 1. The second-order valence-electron chi connectivity index (χ2n) is 3.38. The average molecular weight is 217 g/mol. The zero-order valence-electron chi connectivity index (χ0n) is 9.07. The van der Waals surface area contributed by atoms with Crippen LogP contribution in [0.25, 0.3) is 11.1 Å². The highest BCUT2D eigenvalue weighted by atomic mass is 16.3. The van der Waals surface area contributed by atoms with Crippen LogP contribution in [0.5, 0.6) is 0 Å². The van der Waals surface area contributed by atoms with Crippen LogP contribution in [0.1, 0.15) is 11.3 Å². The summed E-state index contributed by atoms with van der Waals surface area (Å²) in [6.07, 6.45) is 2.54. The Balaban J connectivity index is 2.60. The van der Waals surface area contributed by atoms with Gasteiger partial charge in [-0.2, -0.15) is 0 Å². The Morgan fingerprint density at radius 3 is 2.94 bits per heavy atom. The minimum Gasteiger partial charge on any atom is -0.443 e. The summed E-state index contributed by atoms with van der Waals surface area (Å²) in [7, 11) is 0. The number of fused-ring (bicyclic) bond motifs is 1. The van der Waals surface area contributed by atoms with E-state index in [1.807, 2.05) is 13.8 Å². The second-order valence-corrected chi connectivity index (χ2v) is 3.38. The van der Waals surface area contributed by atoms with E-state index in [1.165, 1.54) is 12.4 Å². The molecule has 5 nitrogen and oxygen atoms in total. The first-order valence-electron chi connectivity index (χ1n) is 4.77. The highest BCUT2D eigenvalue weighted by Crippen LogP contribution is 2.27. The second kappa shape index (κ2) is 3.77. The van der Waals surface area contributed by atoms with Crippen LogP contribution in [0.15, 0.2) is 23.4 Å². The number of aromatic nitrogens is 2. The molecule has 2 aromatic rings. The van der Waals surface area contributed by atoms with Gasteiger partial charge in [-0.1, -0.05) is 6.58 Å². The van der Waals surface area contributed by atoms with Gasteiger partial charge in [0.1, 0.15) is 17.9 Å². The minimum absolute atomic E-state index is 0.307. The Bertz CT molecular complexity index is 572. The van der Waals surface area contributed by atoms with Gasteiger partial charge in [0.2, 0.25) is 11.6 Å². The Labute approximate surface area is 92.2 Å². The van der Waals surface area contributed by atoms with E-state index in [4.69, 9.17) is 4.42 Å². The van der Waals surface area contributed by atoms with E-state index in [0.29, 0.717) is 11.5 Å². The Morgan fingerprint density at radius 1 is 1.50 bits per heavy atom. The summed E-state index contributed by atoms with van der Waals surface area (Å²) >= 11 is 0. The van der Waals surface area contributed by atoms with Crippen molar-refractivity contribution in [1.29, 1.82) is 0 Å². The number of aryl methyl sites for hydroxylation is 2. The fraction of sp³-hybridized carbons (Fsp3) is 0.182. The first-order valence-corrected chi connectivity index (χ1v) is 4.77. The van der Waals surface area contributed by atoms with Crippen molar-refractivity contribution in [3.63, 3.8) is 0 Å². The molecule has 0 unspecified atom stereocenters. The SMILES string of the molecule is C=CC(=O)Nc1ncnc2oc(C)c(C)c12. The molecule has 0 spiro atoms. The van der Waals surface area contributed by atoms with Gasteiger partial charge in [0, 0.05) is 5.56 Å². The van der Waals surface area contributed by atoms with Crippen molar-refractivity contribution in [1.82, 2.24) is 9.97 Å². The largest absolute Gasteiger partial charge is 0.443 e. The number of hydrogen-bond acceptors (Lipinski definition) is 4. The monoisotopic (exact) mass is 217 g/mol. The van der Waals surface area contributed by atoms with Crippen LogP contribution in [-0.2, 0) is 4.79 Å². The fourth-order valence-corrected chi connectivity index (χ4v) is 1.44. The number of nitrogens with one attached hydrogen (secondary N) is 1. The molecule has 0 saturated carbocycles. The fourth-order valence-electron chi connectivity index (χ4n) is 1.44. The molecule has 0 aromatic carbocycles. The third-order valence-electron chi connectivity index (χ3n) is 2.39. The molecule has 1 N–H and O–H groups in total. The molecule has 2 rings (SSSR count). The van der Waals surface area contributed by atoms with Gasteiger partial charge in [-0.3, -0.25) is 4.79 Å². The molecular formula is C11H11N3O2. The van der Waals surface area contributed by atoms with Crippen LogP contribution in [0, 0.1) is 13.8 Å². The molecule has 0 fully saturated rings. The van der Waals surface area contributed by atoms with Crippen molar-refractivity contribution in [3.8, 4) is 0 Å². The first kappa shape index (κ1) is 10.4. The molecule has 0 aliphatic carbocycles. The molecule has 2 aromatic heterocycles. The topological polar surface area (TPSA) is 68.0 Å². The summed E-state index contributed by atoms with van der Waals surface area (Å²) < 4.78 is 5.43. The normalized spacial score (nSPS) is 10.4. The van der Waals surface area contributed by atoms with Crippen molar-refractivity contribution >= 4 is 22.8 Å². The number of rotatable bonds is 2. The minimum atomic E-state index is -0.307. The van der Waals surface area contributed by atoms with Crippen LogP contribution in [0.3, 0.4) is 0 Å². The van der Waals surface area contributed by atoms with Crippen molar-refractivity contribution in [3.05, 3.63) is 30.3 Å². The van der Waals surface area contributed by atoms with E-state index in [1.54, 1.807) is 0 Å². The Kier molecular flexibility index (Phi) is 2.44. The third-order valence-corrected chi connectivity index (χ3v) is 2.39. The van der Waals surface area contributed by atoms with Crippen molar-refractivity contribution < 1.29 is 9.21 Å². The molecule has 1 amide bonds. The van der Waals surface area contributed by atoms with Crippen molar-refractivity contribution in [2.24, 2.45) is 0 Å². The maximum absolute atomic E-state index is 11.2. The van der Waals surface area contributed by atoms with Crippen LogP contribution in [0.2, 0.25) is 0 Å². The molecule has 0 bridgehead atoms. The molecule has 2 heterocycles. The van der Waals surface area contributed by atoms with Crippen LogP contribution in [-0.4, -0.2) is 15.9 Å². The summed E-state index contributed by atoms with van der Waals surface area (Å²) in [6, 6.07) is 0. The molecule has 0 atom stereocenters. The van der Waals surface area contributed by atoms with E-state index >= 15 is 0 Å². The summed E-state index contributed by atoms with van der Waals surface area (Å²) in [6.45, 7) is 7.13. The lowest BCUT2D eigenvalue weighted by Gasteiger charge is -2.01. The number of furan rings is 1. The maximum Gasteiger partial charge on any atom is 0.248 e. The lowest BCUT2D eigenvalue weighted by atomic mass is 10.2. The molecule has 0 radical (unpaired) electrons. The van der Waals surface area contributed by atoms with E-state index in [0.717, 1.165) is 16.7 Å². The van der Waals surface area contributed by atoms with Gasteiger partial charge >= 0.3 is 0 Å². The van der Waals surface area contributed by atoms with Gasteiger partial charge in [0.25, 0.3) is 0 Å². The maximum atomic E-state index is 11.2. The molecule has 16 heavy (non-hydrogen) atoms. The summed E-state index contributed by atoms with van der Waals surface area (Å²) in [5.74, 6) is 0.909. The third kappa shape index (κ3) is 1.56. The zero-order valence-corrected chi connectivity index (χ0v) is 9.07. The lowest BCUT2D eigenvalue weighted by Crippen LogP contribution is -2.09. The summed E-state index contributed by atoms with van der Waals surface area (Å²) in [5, 5.41) is 3.35. The predicted octanol–water partition coefficient (Wildman–Crippen LogP) is 1.96. The number of anilines is 1. The summed E-state index contributed by atoms with van der Waals surface area (Å²) in [4.78, 5) is 19.2. The van der Waals surface area contributed by atoms with E-state index in [9.17, 15) is 4.79 Å². The Morgan fingerprint density at radius 2 is 2.25 bits per heavy atom. The highest BCUT2D eigenvalue weighted by molar-refractivity contribution is 6.04. The van der Waals surface area contributed by atoms with Gasteiger partial charge in [0.05, 0.1) is 5.39 Å². The van der Waals surface area contributed by atoms with Gasteiger partial charge in [0.15, 0.2) is 0 Å². The number of hydrogen-bond donors (Lipinski definition) is 1. The summed E-state index contributed by atoms with van der Waals surface area (Å²) in [5.41, 5.74) is 1.40. The molecule has 5 heteroatoms. The molecule has 82 valence electrons. The lowest BCUT2D eigenvalue weighted by molar-refractivity contribution is -0.111. The van der Waals surface area contributed by atoms with E-state index < -0.39 is 0 Å². The number of nitrogens with zero attached hydrogens (tertiary/aromatic N) is 2. The van der Waals surface area contributed by atoms with Crippen molar-refractivity contribution in [2.45, 2.75) is 13.8 Å². The van der Waals surface area contributed by atoms with Crippen LogP contribution >= 0.6 is 0 Å². The molecule has 0 aliphatic heterocycles. The van der Waals surface area contributed by atoms with E-state index in [-0.39, 0.29) is 5.91 Å². The average Bonchev–Trinajstić information content (AvgIpc) is 2.56. The molecule has 0 aliphatic rings. The van der Waals surface area contributed by atoms with Gasteiger partial charge in [-0.25, -0.2) is 9.97 Å². The van der Waals surface area contributed by atoms with Gasteiger partial charge in [-0.05, 0) is 19.9 Å². The van der Waals surface area contributed by atoms with Gasteiger partial charge in [-0.15, -0.1) is 0 Å². The quantitative estimate of drug-likeness (QED) is 0.781. The number of carbonyl (C=O) groups excluding carboxylic acids is 1. The molecule has 0 saturated heterocycles. The van der Waals surface area contributed by atoms with Crippen LogP contribution < -0.4 is 5.32 Å². The van der Waals surface area contributed by atoms with E-state index in [2.05, 4.69) is 21.9 Å². The predicted molar refractivity (Wildman–Crippen MR) is 60.1 cm³/mol. The zero-order chi connectivity index (χ0) is 11.7. The highest BCUT2D eigenvalue weighted by Gasteiger charge is 2.14. The standard InChI is InChI=1S/C11H11N3O2/c1-4-8(15)14-10-9-6(2)7(3)16-11(9)13-5-12-10/h4-5H,1H2,2-3H3,(H,12,13,14,15). The smallest absolute Gasteiger partial charge is 0.248 e. The van der Waals surface area contributed by atoms with Crippen LogP contribution in [0.4, 0.5) is 5.82 Å². The number of amides is 1. The van der Waals surface area contributed by atoms with Crippen molar-refractivity contribution in [2.75, 3.05) is 5.32 Å². The first-order chi connectivity index (χ1) is 7.63. The van der Waals surface area contributed by atoms with Gasteiger partial charge < -0.3 is 9.73 Å².